The molecule has 3 rings (SSSR count). The van der Waals surface area contributed by atoms with E-state index in [0.29, 0.717) is 6.61 Å². The lowest BCUT2D eigenvalue weighted by Crippen LogP contribution is -2.15. The van der Waals surface area contributed by atoms with Gasteiger partial charge >= 0.3 is 0 Å². The van der Waals surface area contributed by atoms with Crippen molar-refractivity contribution in [2.45, 2.75) is 24.5 Å². The maximum atomic E-state index is 5.92. The Balaban J connectivity index is 1.38. The Labute approximate surface area is 175 Å². The van der Waals surface area contributed by atoms with E-state index in [4.69, 9.17) is 9.47 Å². The van der Waals surface area contributed by atoms with Crippen LogP contribution in [0.1, 0.15) is 17.5 Å². The number of tetrazole rings is 1. The van der Waals surface area contributed by atoms with Crippen molar-refractivity contribution in [2.24, 2.45) is 7.05 Å². The first-order valence-electron chi connectivity index (χ1n) is 9.66. The van der Waals surface area contributed by atoms with Crippen LogP contribution in [0, 0.1) is 0 Å². The van der Waals surface area contributed by atoms with Gasteiger partial charge in [-0.15, -0.1) is 5.10 Å². The van der Waals surface area contributed by atoms with E-state index in [-0.39, 0.29) is 0 Å². The second-order valence-corrected chi connectivity index (χ2v) is 7.60. The summed E-state index contributed by atoms with van der Waals surface area (Å²) in [5.74, 6) is 2.52. The second-order valence-electron chi connectivity index (χ2n) is 6.53. The van der Waals surface area contributed by atoms with Crippen LogP contribution in [0.2, 0.25) is 0 Å². The molecule has 3 aromatic rings. The smallest absolute Gasteiger partial charge is 0.209 e. The highest BCUT2D eigenvalue weighted by atomic mass is 32.2. The highest BCUT2D eigenvalue weighted by Crippen LogP contribution is 2.28. The minimum absolute atomic E-state index is 0.622. The summed E-state index contributed by atoms with van der Waals surface area (Å²) in [7, 11) is 3.53. The van der Waals surface area contributed by atoms with Crippen molar-refractivity contribution in [1.29, 1.82) is 0 Å². The minimum Gasteiger partial charge on any atom is -0.493 e. The molecule has 0 atom stereocenters. The third-order valence-corrected chi connectivity index (χ3v) is 5.46. The maximum absolute atomic E-state index is 5.92. The first kappa shape index (κ1) is 21.1. The number of methoxy groups -OCH3 is 1. The lowest BCUT2D eigenvalue weighted by Gasteiger charge is -2.13. The zero-order valence-electron chi connectivity index (χ0n) is 16.9. The number of thioether (sulfide) groups is 1. The molecule has 1 N–H and O–H groups in total. The van der Waals surface area contributed by atoms with Crippen LogP contribution in [-0.2, 0) is 20.0 Å². The Morgan fingerprint density at radius 2 is 1.93 bits per heavy atom. The highest BCUT2D eigenvalue weighted by molar-refractivity contribution is 7.99. The Hall–Kier alpha value is -2.58. The zero-order valence-corrected chi connectivity index (χ0v) is 17.7. The van der Waals surface area contributed by atoms with E-state index in [1.165, 1.54) is 11.1 Å². The normalized spacial score (nSPS) is 10.8. The molecule has 0 radical (unpaired) electrons. The van der Waals surface area contributed by atoms with Gasteiger partial charge in [-0.2, -0.15) is 0 Å². The van der Waals surface area contributed by atoms with Gasteiger partial charge in [-0.3, -0.25) is 0 Å². The van der Waals surface area contributed by atoms with Crippen molar-refractivity contribution in [2.75, 3.05) is 26.0 Å². The van der Waals surface area contributed by atoms with E-state index in [1.54, 1.807) is 23.6 Å². The number of nitrogens with one attached hydrogen (secondary N) is 1. The first-order valence-corrected chi connectivity index (χ1v) is 10.6. The number of benzene rings is 2. The fourth-order valence-corrected chi connectivity index (χ4v) is 3.59. The number of aryl methyl sites for hydroxylation is 1. The van der Waals surface area contributed by atoms with Gasteiger partial charge in [0.05, 0.1) is 13.7 Å². The van der Waals surface area contributed by atoms with E-state index in [0.717, 1.165) is 48.3 Å². The molecule has 0 spiro atoms. The molecule has 0 saturated carbocycles. The van der Waals surface area contributed by atoms with E-state index >= 15 is 0 Å². The quantitative estimate of drug-likeness (QED) is 0.361. The molecule has 1 heterocycles. The Morgan fingerprint density at radius 3 is 2.69 bits per heavy atom. The van der Waals surface area contributed by atoms with Crippen molar-refractivity contribution in [3.63, 3.8) is 0 Å². The number of ether oxygens (including phenoxy) is 2. The summed E-state index contributed by atoms with van der Waals surface area (Å²) in [6, 6.07) is 16.4. The molecular formula is C21H27N5O2S. The standard InChI is InChI=1S/C21H27N5O2S/c1-26-21(23-24-25-26)29-14-6-12-22-16-18-9-10-19(20(15-18)27-2)28-13-11-17-7-4-3-5-8-17/h3-5,7-10,15,22H,6,11-14,16H2,1-2H3. The van der Waals surface area contributed by atoms with Crippen LogP contribution >= 0.6 is 11.8 Å². The topological polar surface area (TPSA) is 74.1 Å². The van der Waals surface area contributed by atoms with Crippen LogP contribution in [0.4, 0.5) is 0 Å². The summed E-state index contributed by atoms with van der Waals surface area (Å²) in [5, 5.41) is 15.7. The predicted molar refractivity (Wildman–Crippen MR) is 114 cm³/mol. The molecule has 0 aliphatic rings. The fourth-order valence-electron chi connectivity index (χ4n) is 2.80. The van der Waals surface area contributed by atoms with Crippen LogP contribution < -0.4 is 14.8 Å². The fraction of sp³-hybridized carbons (Fsp3) is 0.381. The summed E-state index contributed by atoms with van der Waals surface area (Å²) in [5.41, 5.74) is 2.43. The van der Waals surface area contributed by atoms with E-state index < -0.39 is 0 Å². The molecule has 29 heavy (non-hydrogen) atoms. The number of aromatic nitrogens is 4. The van der Waals surface area contributed by atoms with Gasteiger partial charge in [0.1, 0.15) is 0 Å². The van der Waals surface area contributed by atoms with Crippen LogP contribution in [-0.4, -0.2) is 46.2 Å². The average Bonchev–Trinajstić information content (AvgIpc) is 3.16. The van der Waals surface area contributed by atoms with E-state index in [9.17, 15) is 0 Å². The summed E-state index contributed by atoms with van der Waals surface area (Å²) in [6.07, 6.45) is 1.91. The Morgan fingerprint density at radius 1 is 1.07 bits per heavy atom. The van der Waals surface area contributed by atoms with Gasteiger partial charge in [0, 0.05) is 25.8 Å². The van der Waals surface area contributed by atoms with Gasteiger partial charge in [0.25, 0.3) is 0 Å². The number of hydrogen-bond donors (Lipinski definition) is 1. The largest absolute Gasteiger partial charge is 0.493 e. The molecule has 7 nitrogen and oxygen atoms in total. The van der Waals surface area contributed by atoms with Gasteiger partial charge in [-0.25, -0.2) is 4.68 Å². The molecule has 0 bridgehead atoms. The Bertz CT molecular complexity index is 873. The molecule has 154 valence electrons. The third-order valence-electron chi connectivity index (χ3n) is 4.36. The molecule has 0 unspecified atom stereocenters. The molecule has 0 amide bonds. The molecule has 0 saturated heterocycles. The predicted octanol–water partition coefficient (Wildman–Crippen LogP) is 3.11. The van der Waals surface area contributed by atoms with E-state index in [1.807, 2.05) is 37.4 Å². The van der Waals surface area contributed by atoms with Gasteiger partial charge in [-0.05, 0) is 46.7 Å². The maximum Gasteiger partial charge on any atom is 0.209 e. The van der Waals surface area contributed by atoms with Crippen molar-refractivity contribution in [3.8, 4) is 11.5 Å². The number of nitrogens with zero attached hydrogens (tertiary/aromatic N) is 4. The second kappa shape index (κ2) is 11.4. The number of hydrogen-bond acceptors (Lipinski definition) is 7. The molecule has 8 heteroatoms. The van der Waals surface area contributed by atoms with Crippen molar-refractivity contribution in [3.05, 3.63) is 59.7 Å². The van der Waals surface area contributed by atoms with Crippen molar-refractivity contribution < 1.29 is 9.47 Å². The van der Waals surface area contributed by atoms with E-state index in [2.05, 4.69) is 39.0 Å². The van der Waals surface area contributed by atoms with Crippen molar-refractivity contribution in [1.82, 2.24) is 25.5 Å². The summed E-state index contributed by atoms with van der Waals surface area (Å²) in [6.45, 7) is 2.34. The SMILES string of the molecule is COc1cc(CNCCCSc2nnnn2C)ccc1OCCc1ccccc1. The summed E-state index contributed by atoms with van der Waals surface area (Å²) < 4.78 is 13.1. The molecule has 2 aromatic carbocycles. The van der Waals surface area contributed by atoms with Gasteiger partial charge in [0.2, 0.25) is 5.16 Å². The zero-order chi connectivity index (χ0) is 20.3. The lowest BCUT2D eigenvalue weighted by atomic mass is 10.1. The summed E-state index contributed by atoms with van der Waals surface area (Å²) >= 11 is 1.66. The lowest BCUT2D eigenvalue weighted by molar-refractivity contribution is 0.297. The number of rotatable bonds is 12. The van der Waals surface area contributed by atoms with Crippen LogP contribution in [0.15, 0.2) is 53.7 Å². The van der Waals surface area contributed by atoms with Crippen LogP contribution in [0.5, 0.6) is 11.5 Å². The van der Waals surface area contributed by atoms with Gasteiger partial charge in [0.15, 0.2) is 11.5 Å². The molecule has 0 aliphatic heterocycles. The minimum atomic E-state index is 0.622. The Kier molecular flexibility index (Phi) is 8.33. The molecule has 1 aromatic heterocycles. The highest BCUT2D eigenvalue weighted by Gasteiger charge is 2.06. The average molecular weight is 414 g/mol. The third kappa shape index (κ3) is 6.76. The summed E-state index contributed by atoms with van der Waals surface area (Å²) in [4.78, 5) is 0. The molecular weight excluding hydrogens is 386 g/mol. The monoisotopic (exact) mass is 413 g/mol. The van der Waals surface area contributed by atoms with Gasteiger partial charge < -0.3 is 14.8 Å². The van der Waals surface area contributed by atoms with Gasteiger partial charge in [-0.1, -0.05) is 48.2 Å². The van der Waals surface area contributed by atoms with Crippen molar-refractivity contribution >= 4 is 11.8 Å². The first-order chi connectivity index (χ1) is 14.3. The van der Waals surface area contributed by atoms with Crippen LogP contribution in [0.3, 0.4) is 0 Å². The molecule has 0 fully saturated rings. The molecule has 0 aliphatic carbocycles. The van der Waals surface area contributed by atoms with Crippen LogP contribution in [0.25, 0.3) is 0 Å².